The average Bonchev–Trinajstić information content (AvgIpc) is 2.36. The first-order valence-electron chi connectivity index (χ1n) is 5.86. The van der Waals surface area contributed by atoms with Crippen molar-refractivity contribution in [2.24, 2.45) is 5.92 Å². The first-order chi connectivity index (χ1) is 8.30. The van der Waals surface area contributed by atoms with Crippen LogP contribution in [0.4, 0.5) is 8.78 Å². The smallest absolute Gasteiger partial charge is 0.312 e. The van der Waals surface area contributed by atoms with Gasteiger partial charge in [-0.05, 0) is 12.5 Å². The van der Waals surface area contributed by atoms with Crippen LogP contribution in [0, 0.1) is 5.92 Å². The maximum atomic E-state index is 13.7. The van der Waals surface area contributed by atoms with Crippen molar-refractivity contribution in [1.82, 2.24) is 0 Å². The molecule has 0 spiro atoms. The standard InChI is InChI=1S/C14H18F2O2/c1-9(2)14(15,16)12-7-5-11(6-8-12)10(3)13(17)18-4/h5-10H,1-4H3. The van der Waals surface area contributed by atoms with E-state index in [0.717, 1.165) is 0 Å². The van der Waals surface area contributed by atoms with Crippen molar-refractivity contribution in [2.75, 3.05) is 7.11 Å². The highest BCUT2D eigenvalue weighted by Gasteiger charge is 2.35. The molecule has 0 fully saturated rings. The molecule has 0 amide bonds. The van der Waals surface area contributed by atoms with Crippen molar-refractivity contribution >= 4 is 5.97 Å². The maximum absolute atomic E-state index is 13.7. The molecular formula is C14H18F2O2. The van der Waals surface area contributed by atoms with Gasteiger partial charge in [0.05, 0.1) is 13.0 Å². The minimum absolute atomic E-state index is 0.0293. The Kier molecular flexibility index (Phi) is 4.43. The molecular weight excluding hydrogens is 238 g/mol. The molecule has 1 unspecified atom stereocenters. The molecule has 100 valence electrons. The lowest BCUT2D eigenvalue weighted by Crippen LogP contribution is -2.21. The summed E-state index contributed by atoms with van der Waals surface area (Å²) in [6.07, 6.45) is 0. The van der Waals surface area contributed by atoms with Crippen LogP contribution < -0.4 is 0 Å². The minimum atomic E-state index is -2.85. The SMILES string of the molecule is COC(=O)C(C)c1ccc(C(F)(F)C(C)C)cc1. The molecule has 0 N–H and O–H groups in total. The number of esters is 1. The number of hydrogen-bond donors (Lipinski definition) is 0. The Balaban J connectivity index is 2.97. The second-order valence-corrected chi connectivity index (χ2v) is 4.64. The van der Waals surface area contributed by atoms with E-state index in [1.54, 1.807) is 19.1 Å². The number of carbonyl (C=O) groups is 1. The zero-order valence-corrected chi connectivity index (χ0v) is 11.0. The molecule has 0 saturated carbocycles. The number of halogens is 2. The van der Waals surface area contributed by atoms with Gasteiger partial charge in [0.25, 0.3) is 5.92 Å². The summed E-state index contributed by atoms with van der Waals surface area (Å²) in [5.74, 6) is -4.44. The first kappa shape index (κ1) is 14.6. The fourth-order valence-corrected chi connectivity index (χ4v) is 1.64. The quantitative estimate of drug-likeness (QED) is 0.768. The summed E-state index contributed by atoms with van der Waals surface area (Å²) in [6.45, 7) is 4.64. The number of ether oxygens (including phenoxy) is 1. The predicted molar refractivity (Wildman–Crippen MR) is 65.6 cm³/mol. The van der Waals surface area contributed by atoms with Gasteiger partial charge in [-0.3, -0.25) is 4.79 Å². The minimum Gasteiger partial charge on any atom is -0.469 e. The average molecular weight is 256 g/mol. The molecule has 0 aliphatic heterocycles. The molecule has 1 aromatic rings. The van der Waals surface area contributed by atoms with E-state index in [1.807, 2.05) is 0 Å². The monoisotopic (exact) mass is 256 g/mol. The lowest BCUT2D eigenvalue weighted by atomic mass is 9.94. The van der Waals surface area contributed by atoms with Gasteiger partial charge in [-0.1, -0.05) is 38.1 Å². The molecule has 0 aliphatic carbocycles. The Morgan fingerprint density at radius 2 is 1.67 bits per heavy atom. The molecule has 0 aliphatic rings. The van der Waals surface area contributed by atoms with Gasteiger partial charge < -0.3 is 4.74 Å². The van der Waals surface area contributed by atoms with Crippen LogP contribution in [0.15, 0.2) is 24.3 Å². The van der Waals surface area contributed by atoms with Crippen molar-refractivity contribution in [3.63, 3.8) is 0 Å². The second-order valence-electron chi connectivity index (χ2n) is 4.64. The van der Waals surface area contributed by atoms with Gasteiger partial charge in [-0.25, -0.2) is 8.78 Å². The summed E-state index contributed by atoms with van der Waals surface area (Å²) in [4.78, 5) is 11.3. The maximum Gasteiger partial charge on any atom is 0.312 e. The summed E-state index contributed by atoms with van der Waals surface area (Å²) >= 11 is 0. The summed E-state index contributed by atoms with van der Waals surface area (Å²) < 4.78 is 32.1. The number of rotatable bonds is 4. The Morgan fingerprint density at radius 1 is 1.17 bits per heavy atom. The first-order valence-corrected chi connectivity index (χ1v) is 5.86. The highest BCUT2D eigenvalue weighted by Crippen LogP contribution is 2.36. The Hall–Kier alpha value is -1.45. The molecule has 0 bridgehead atoms. The van der Waals surface area contributed by atoms with E-state index in [1.165, 1.54) is 33.1 Å². The van der Waals surface area contributed by atoms with Crippen LogP contribution in [0.5, 0.6) is 0 Å². The van der Waals surface area contributed by atoms with Crippen LogP contribution in [0.1, 0.15) is 37.8 Å². The van der Waals surface area contributed by atoms with E-state index in [4.69, 9.17) is 0 Å². The summed E-state index contributed by atoms with van der Waals surface area (Å²) in [5, 5.41) is 0. The van der Waals surface area contributed by atoms with Crippen LogP contribution in [0.3, 0.4) is 0 Å². The third-order valence-electron chi connectivity index (χ3n) is 3.08. The van der Waals surface area contributed by atoms with Crippen molar-refractivity contribution < 1.29 is 18.3 Å². The van der Waals surface area contributed by atoms with Gasteiger partial charge in [-0.15, -0.1) is 0 Å². The summed E-state index contributed by atoms with van der Waals surface area (Å²) in [5.41, 5.74) is 0.642. The predicted octanol–water partition coefficient (Wildman–Crippen LogP) is 3.71. The molecule has 0 aromatic heterocycles. The normalized spacial score (nSPS) is 13.5. The highest BCUT2D eigenvalue weighted by atomic mass is 19.3. The molecule has 4 heteroatoms. The number of hydrogen-bond acceptors (Lipinski definition) is 2. The van der Waals surface area contributed by atoms with Crippen LogP contribution >= 0.6 is 0 Å². The van der Waals surface area contributed by atoms with Gasteiger partial charge in [0.15, 0.2) is 0 Å². The van der Waals surface area contributed by atoms with Crippen LogP contribution in [-0.2, 0) is 15.5 Å². The molecule has 0 heterocycles. The molecule has 0 saturated heterocycles. The van der Waals surface area contributed by atoms with Crippen molar-refractivity contribution in [1.29, 1.82) is 0 Å². The summed E-state index contributed by atoms with van der Waals surface area (Å²) in [6, 6.07) is 5.84. The summed E-state index contributed by atoms with van der Waals surface area (Å²) in [7, 11) is 1.31. The van der Waals surface area contributed by atoms with Crippen molar-refractivity contribution in [2.45, 2.75) is 32.6 Å². The molecule has 1 atom stereocenters. The van der Waals surface area contributed by atoms with Gasteiger partial charge >= 0.3 is 5.97 Å². The number of alkyl halides is 2. The van der Waals surface area contributed by atoms with Gasteiger partial charge in [-0.2, -0.15) is 0 Å². The van der Waals surface area contributed by atoms with Gasteiger partial charge in [0, 0.05) is 11.5 Å². The van der Waals surface area contributed by atoms with E-state index in [9.17, 15) is 13.6 Å². The third-order valence-corrected chi connectivity index (χ3v) is 3.08. The Bertz CT molecular complexity index is 410. The topological polar surface area (TPSA) is 26.3 Å². The highest BCUT2D eigenvalue weighted by molar-refractivity contribution is 5.77. The van der Waals surface area contributed by atoms with Crippen LogP contribution in [-0.4, -0.2) is 13.1 Å². The van der Waals surface area contributed by atoms with E-state index in [0.29, 0.717) is 5.56 Å². The van der Waals surface area contributed by atoms with Crippen LogP contribution in [0.25, 0.3) is 0 Å². The van der Waals surface area contributed by atoms with Crippen molar-refractivity contribution in [3.05, 3.63) is 35.4 Å². The molecule has 0 radical (unpaired) electrons. The van der Waals surface area contributed by atoms with Crippen molar-refractivity contribution in [3.8, 4) is 0 Å². The Labute approximate surface area is 106 Å². The number of methoxy groups -OCH3 is 1. The fraction of sp³-hybridized carbons (Fsp3) is 0.500. The second kappa shape index (κ2) is 5.46. The number of carbonyl (C=O) groups excluding carboxylic acids is 1. The zero-order chi connectivity index (χ0) is 13.9. The van der Waals surface area contributed by atoms with E-state index in [-0.39, 0.29) is 11.5 Å². The molecule has 18 heavy (non-hydrogen) atoms. The van der Waals surface area contributed by atoms with Crippen LogP contribution in [0.2, 0.25) is 0 Å². The zero-order valence-electron chi connectivity index (χ0n) is 11.0. The van der Waals surface area contributed by atoms with E-state index in [2.05, 4.69) is 4.74 Å². The largest absolute Gasteiger partial charge is 0.469 e. The van der Waals surface area contributed by atoms with Gasteiger partial charge in [0.2, 0.25) is 0 Å². The number of benzene rings is 1. The molecule has 2 nitrogen and oxygen atoms in total. The molecule has 1 rings (SSSR count). The van der Waals surface area contributed by atoms with Gasteiger partial charge in [0.1, 0.15) is 0 Å². The Morgan fingerprint density at radius 3 is 2.06 bits per heavy atom. The lowest BCUT2D eigenvalue weighted by molar-refractivity contribution is -0.141. The fourth-order valence-electron chi connectivity index (χ4n) is 1.64. The van der Waals surface area contributed by atoms with E-state index < -0.39 is 17.8 Å². The van der Waals surface area contributed by atoms with E-state index >= 15 is 0 Å². The molecule has 1 aromatic carbocycles. The lowest BCUT2D eigenvalue weighted by Gasteiger charge is -2.21. The third kappa shape index (κ3) is 2.86.